The highest BCUT2D eigenvalue weighted by molar-refractivity contribution is 5.49. The van der Waals surface area contributed by atoms with Gasteiger partial charge in [0, 0.05) is 18.3 Å². The monoisotopic (exact) mass is 204 g/mol. The lowest BCUT2D eigenvalue weighted by atomic mass is 10.0. The first-order valence-corrected chi connectivity index (χ1v) is 5.14. The summed E-state index contributed by atoms with van der Waals surface area (Å²) in [5, 5.41) is 8.90. The molecule has 78 valence electrons. The molecule has 2 nitrogen and oxygen atoms in total. The molecule has 0 bridgehead atoms. The number of nitrogens with zero attached hydrogens (tertiary/aromatic N) is 2. The Labute approximate surface area is 88.9 Å². The molecule has 2 unspecified atom stereocenters. The van der Waals surface area contributed by atoms with E-state index in [1.807, 2.05) is 13.0 Å². The predicted molar refractivity (Wildman–Crippen MR) is 56.9 cm³/mol. The van der Waals surface area contributed by atoms with E-state index in [9.17, 15) is 4.39 Å². The molecule has 1 aromatic carbocycles. The largest absolute Gasteiger partial charge is 0.367 e. The molecule has 2 atom stereocenters. The summed E-state index contributed by atoms with van der Waals surface area (Å²) in [6.07, 6.45) is 0.869. The molecule has 15 heavy (non-hydrogen) atoms. The summed E-state index contributed by atoms with van der Waals surface area (Å²) >= 11 is 0. The normalized spacial score (nSPS) is 25.3. The van der Waals surface area contributed by atoms with Gasteiger partial charge >= 0.3 is 0 Å². The van der Waals surface area contributed by atoms with Gasteiger partial charge in [-0.2, -0.15) is 5.26 Å². The van der Waals surface area contributed by atoms with E-state index in [1.54, 1.807) is 6.07 Å². The Bertz CT molecular complexity index is 397. The van der Waals surface area contributed by atoms with E-state index in [2.05, 4.69) is 11.0 Å². The zero-order valence-corrected chi connectivity index (χ0v) is 8.65. The molecule has 1 fully saturated rings. The Kier molecular flexibility index (Phi) is 2.59. The molecule has 0 radical (unpaired) electrons. The van der Waals surface area contributed by atoms with Gasteiger partial charge in [-0.3, -0.25) is 0 Å². The minimum atomic E-state index is -0.222. The van der Waals surface area contributed by atoms with Crippen LogP contribution in [0.1, 0.15) is 13.3 Å². The lowest BCUT2D eigenvalue weighted by Crippen LogP contribution is -2.29. The summed E-state index contributed by atoms with van der Waals surface area (Å²) < 4.78 is 13.0. The van der Waals surface area contributed by atoms with Crippen molar-refractivity contribution in [1.82, 2.24) is 0 Å². The Morgan fingerprint density at radius 2 is 2.33 bits per heavy atom. The molecule has 2 rings (SSSR count). The average Bonchev–Trinajstić information content (AvgIpc) is 2.59. The van der Waals surface area contributed by atoms with Crippen molar-refractivity contribution in [3.8, 4) is 6.07 Å². The van der Waals surface area contributed by atoms with Crippen molar-refractivity contribution in [2.75, 3.05) is 11.4 Å². The SMILES string of the molecule is CC1C(C#N)CCN1c1cccc(F)c1. The van der Waals surface area contributed by atoms with Crippen molar-refractivity contribution in [3.05, 3.63) is 30.1 Å². The smallest absolute Gasteiger partial charge is 0.125 e. The molecule has 1 aliphatic heterocycles. The first-order valence-electron chi connectivity index (χ1n) is 5.14. The van der Waals surface area contributed by atoms with Crippen LogP contribution in [0, 0.1) is 23.1 Å². The first kappa shape index (κ1) is 9.97. The highest BCUT2D eigenvalue weighted by atomic mass is 19.1. The fraction of sp³-hybridized carbons (Fsp3) is 0.417. The fourth-order valence-corrected chi connectivity index (χ4v) is 2.13. The lowest BCUT2D eigenvalue weighted by molar-refractivity contribution is 0.609. The van der Waals surface area contributed by atoms with Crippen LogP contribution in [0.4, 0.5) is 10.1 Å². The van der Waals surface area contributed by atoms with Crippen molar-refractivity contribution in [3.63, 3.8) is 0 Å². The van der Waals surface area contributed by atoms with Crippen molar-refractivity contribution in [2.24, 2.45) is 5.92 Å². The number of hydrogen-bond donors (Lipinski definition) is 0. The van der Waals surface area contributed by atoms with Crippen LogP contribution in [-0.2, 0) is 0 Å². The number of halogens is 1. The molecule has 1 saturated heterocycles. The van der Waals surface area contributed by atoms with Gasteiger partial charge in [0.05, 0.1) is 12.0 Å². The molecule has 1 aromatic rings. The second-order valence-corrected chi connectivity index (χ2v) is 3.94. The van der Waals surface area contributed by atoms with Gasteiger partial charge in [-0.1, -0.05) is 6.07 Å². The van der Waals surface area contributed by atoms with Crippen LogP contribution in [0.5, 0.6) is 0 Å². The summed E-state index contributed by atoms with van der Waals surface area (Å²) in [4.78, 5) is 2.09. The molecule has 0 aliphatic carbocycles. The van der Waals surface area contributed by atoms with Gasteiger partial charge in [0.2, 0.25) is 0 Å². The van der Waals surface area contributed by atoms with Crippen LogP contribution in [0.25, 0.3) is 0 Å². The summed E-state index contributed by atoms with van der Waals surface area (Å²) in [7, 11) is 0. The summed E-state index contributed by atoms with van der Waals surface area (Å²) in [6.45, 7) is 2.86. The van der Waals surface area contributed by atoms with Crippen molar-refractivity contribution >= 4 is 5.69 Å². The number of hydrogen-bond acceptors (Lipinski definition) is 2. The molecule has 0 N–H and O–H groups in total. The fourth-order valence-electron chi connectivity index (χ4n) is 2.13. The van der Waals surface area contributed by atoms with Crippen LogP contribution >= 0.6 is 0 Å². The first-order chi connectivity index (χ1) is 7.22. The van der Waals surface area contributed by atoms with E-state index in [0.717, 1.165) is 18.7 Å². The number of benzene rings is 1. The molecule has 1 aliphatic rings. The molecule has 0 saturated carbocycles. The second-order valence-electron chi connectivity index (χ2n) is 3.94. The zero-order valence-electron chi connectivity index (χ0n) is 8.65. The van der Waals surface area contributed by atoms with Gasteiger partial charge in [0.1, 0.15) is 5.82 Å². The summed E-state index contributed by atoms with van der Waals surface area (Å²) in [5.74, 6) is -0.159. The highest BCUT2D eigenvalue weighted by Crippen LogP contribution is 2.29. The molecular weight excluding hydrogens is 191 g/mol. The number of anilines is 1. The van der Waals surface area contributed by atoms with Gasteiger partial charge in [-0.15, -0.1) is 0 Å². The van der Waals surface area contributed by atoms with E-state index in [-0.39, 0.29) is 17.8 Å². The Balaban J connectivity index is 2.23. The third kappa shape index (κ3) is 1.80. The van der Waals surface area contributed by atoms with Gasteiger partial charge in [-0.25, -0.2) is 4.39 Å². The van der Waals surface area contributed by atoms with Gasteiger partial charge in [0.25, 0.3) is 0 Å². The Hall–Kier alpha value is -1.56. The summed E-state index contributed by atoms with van der Waals surface area (Å²) in [5.41, 5.74) is 0.875. The predicted octanol–water partition coefficient (Wildman–Crippen LogP) is 2.56. The second kappa shape index (κ2) is 3.90. The lowest BCUT2D eigenvalue weighted by Gasteiger charge is -2.24. The minimum Gasteiger partial charge on any atom is -0.367 e. The summed E-state index contributed by atoms with van der Waals surface area (Å²) in [6, 6.07) is 9.02. The standard InChI is InChI=1S/C12H13FN2/c1-9-10(8-14)5-6-15(9)12-4-2-3-11(13)7-12/h2-4,7,9-10H,5-6H2,1H3. The van der Waals surface area contributed by atoms with Gasteiger partial charge in [0.15, 0.2) is 0 Å². The number of rotatable bonds is 1. The Morgan fingerprint density at radius 3 is 2.93 bits per heavy atom. The molecule has 0 amide bonds. The molecule has 0 aromatic heterocycles. The van der Waals surface area contributed by atoms with Crippen LogP contribution in [0.2, 0.25) is 0 Å². The van der Waals surface area contributed by atoms with Gasteiger partial charge < -0.3 is 4.90 Å². The Morgan fingerprint density at radius 1 is 1.53 bits per heavy atom. The third-order valence-electron chi connectivity index (χ3n) is 3.06. The van der Waals surface area contributed by atoms with E-state index < -0.39 is 0 Å². The van der Waals surface area contributed by atoms with Crippen molar-refractivity contribution in [1.29, 1.82) is 5.26 Å². The average molecular weight is 204 g/mol. The van der Waals surface area contributed by atoms with Crippen molar-refractivity contribution in [2.45, 2.75) is 19.4 Å². The zero-order chi connectivity index (χ0) is 10.8. The molecule has 0 spiro atoms. The molecule has 1 heterocycles. The maximum atomic E-state index is 13.0. The van der Waals surface area contributed by atoms with Crippen molar-refractivity contribution < 1.29 is 4.39 Å². The maximum Gasteiger partial charge on any atom is 0.125 e. The quantitative estimate of drug-likeness (QED) is 0.703. The van der Waals surface area contributed by atoms with Crippen LogP contribution < -0.4 is 4.90 Å². The van der Waals surface area contributed by atoms with E-state index in [1.165, 1.54) is 12.1 Å². The third-order valence-corrected chi connectivity index (χ3v) is 3.06. The maximum absolute atomic E-state index is 13.0. The van der Waals surface area contributed by atoms with E-state index in [0.29, 0.717) is 0 Å². The van der Waals surface area contributed by atoms with E-state index >= 15 is 0 Å². The van der Waals surface area contributed by atoms with Crippen LogP contribution in [0.3, 0.4) is 0 Å². The molecular formula is C12H13FN2. The minimum absolute atomic E-state index is 0.0632. The highest BCUT2D eigenvalue weighted by Gasteiger charge is 2.30. The van der Waals surface area contributed by atoms with Gasteiger partial charge in [-0.05, 0) is 31.5 Å². The van der Waals surface area contributed by atoms with Crippen LogP contribution in [0.15, 0.2) is 24.3 Å². The van der Waals surface area contributed by atoms with Crippen LogP contribution in [-0.4, -0.2) is 12.6 Å². The topological polar surface area (TPSA) is 27.0 Å². The van der Waals surface area contributed by atoms with E-state index in [4.69, 9.17) is 5.26 Å². The molecule has 3 heteroatoms. The number of nitriles is 1.